The van der Waals surface area contributed by atoms with Crippen molar-refractivity contribution in [2.24, 2.45) is 0 Å². The average molecular weight is 297 g/mol. The monoisotopic (exact) mass is 296 g/mol. The minimum atomic E-state index is 0.850. The molecule has 0 saturated heterocycles. The van der Waals surface area contributed by atoms with E-state index in [0.29, 0.717) is 0 Å². The van der Waals surface area contributed by atoms with Crippen LogP contribution >= 0.6 is 27.3 Å². The Bertz CT molecular complexity index is 468. The first-order valence-electron chi connectivity index (χ1n) is 5.04. The highest BCUT2D eigenvalue weighted by Crippen LogP contribution is 2.26. The molecule has 84 valence electrons. The molecule has 4 heteroatoms. The number of benzene rings is 1. The molecule has 2 aromatic rings. The van der Waals surface area contributed by atoms with Crippen LogP contribution in [0.15, 0.2) is 40.2 Å². The van der Waals surface area contributed by atoms with Gasteiger partial charge in [0, 0.05) is 19.3 Å². The van der Waals surface area contributed by atoms with Gasteiger partial charge in [0.25, 0.3) is 0 Å². The summed E-state index contributed by atoms with van der Waals surface area (Å²) in [6.07, 6.45) is 0. The fourth-order valence-electron chi connectivity index (χ4n) is 1.44. The van der Waals surface area contributed by atoms with Gasteiger partial charge >= 0.3 is 0 Å². The van der Waals surface area contributed by atoms with E-state index in [1.807, 2.05) is 7.05 Å². The molecule has 0 bridgehead atoms. The lowest BCUT2D eigenvalue weighted by Gasteiger charge is -2.06. The minimum Gasteiger partial charge on any atom is -0.388 e. The third kappa shape index (κ3) is 3.00. The third-order valence-corrected chi connectivity index (χ3v) is 3.84. The fraction of sp³-hybridized carbons (Fsp3) is 0.167. The normalized spacial score (nSPS) is 10.1. The highest BCUT2D eigenvalue weighted by atomic mass is 79.9. The van der Waals surface area contributed by atoms with Crippen molar-refractivity contribution in [2.45, 2.75) is 6.54 Å². The minimum absolute atomic E-state index is 0.850. The van der Waals surface area contributed by atoms with Crippen molar-refractivity contribution in [1.29, 1.82) is 0 Å². The van der Waals surface area contributed by atoms with Gasteiger partial charge in [-0.05, 0) is 45.8 Å². The number of nitrogens with one attached hydrogen (secondary N) is 2. The number of thiophene rings is 1. The molecule has 0 amide bonds. The Balaban J connectivity index is 1.99. The van der Waals surface area contributed by atoms with Gasteiger partial charge in [-0.15, -0.1) is 11.3 Å². The van der Waals surface area contributed by atoms with Crippen molar-refractivity contribution >= 4 is 38.0 Å². The Morgan fingerprint density at radius 2 is 2.12 bits per heavy atom. The van der Waals surface area contributed by atoms with Crippen LogP contribution < -0.4 is 10.6 Å². The molecule has 0 unspecified atom stereocenters. The zero-order chi connectivity index (χ0) is 11.4. The summed E-state index contributed by atoms with van der Waals surface area (Å²) in [6, 6.07) is 12.5. The Morgan fingerprint density at radius 1 is 1.25 bits per heavy atom. The van der Waals surface area contributed by atoms with Crippen LogP contribution in [-0.2, 0) is 6.54 Å². The second-order valence-electron chi connectivity index (χ2n) is 3.41. The maximum atomic E-state index is 3.45. The zero-order valence-electron chi connectivity index (χ0n) is 8.96. The number of anilines is 2. The molecular formula is C12H13BrN2S. The van der Waals surface area contributed by atoms with Crippen molar-refractivity contribution in [1.82, 2.24) is 0 Å². The van der Waals surface area contributed by atoms with E-state index < -0.39 is 0 Å². The van der Waals surface area contributed by atoms with E-state index in [1.54, 1.807) is 11.3 Å². The molecular weight excluding hydrogens is 284 g/mol. The Kier molecular flexibility index (Phi) is 3.85. The van der Waals surface area contributed by atoms with Crippen LogP contribution in [0.5, 0.6) is 0 Å². The van der Waals surface area contributed by atoms with E-state index in [1.165, 1.54) is 10.6 Å². The van der Waals surface area contributed by atoms with Crippen LogP contribution in [-0.4, -0.2) is 7.05 Å². The van der Waals surface area contributed by atoms with Crippen molar-refractivity contribution in [3.05, 3.63) is 45.7 Å². The predicted molar refractivity (Wildman–Crippen MR) is 75.3 cm³/mol. The van der Waals surface area contributed by atoms with Crippen molar-refractivity contribution in [3.63, 3.8) is 0 Å². The van der Waals surface area contributed by atoms with Gasteiger partial charge < -0.3 is 10.6 Å². The van der Waals surface area contributed by atoms with E-state index in [2.05, 4.69) is 63.0 Å². The van der Waals surface area contributed by atoms with Crippen LogP contribution in [0.1, 0.15) is 5.56 Å². The molecule has 0 atom stereocenters. The predicted octanol–water partition coefficient (Wildman–Crippen LogP) is 4.16. The zero-order valence-corrected chi connectivity index (χ0v) is 11.4. The van der Waals surface area contributed by atoms with Crippen LogP contribution in [0.3, 0.4) is 0 Å². The van der Waals surface area contributed by atoms with Crippen LogP contribution in [0.2, 0.25) is 0 Å². The van der Waals surface area contributed by atoms with Crippen LogP contribution in [0.4, 0.5) is 10.7 Å². The fourth-order valence-corrected chi connectivity index (χ4v) is 2.72. The van der Waals surface area contributed by atoms with Crippen LogP contribution in [0.25, 0.3) is 0 Å². The summed E-state index contributed by atoms with van der Waals surface area (Å²) in [5, 5.41) is 7.71. The molecule has 0 aliphatic carbocycles. The highest BCUT2D eigenvalue weighted by molar-refractivity contribution is 9.11. The van der Waals surface area contributed by atoms with E-state index in [4.69, 9.17) is 0 Å². The first-order chi connectivity index (χ1) is 7.78. The van der Waals surface area contributed by atoms with E-state index in [-0.39, 0.29) is 0 Å². The molecule has 2 N–H and O–H groups in total. The molecule has 0 saturated carbocycles. The van der Waals surface area contributed by atoms with Gasteiger partial charge in [0.1, 0.15) is 0 Å². The Hall–Kier alpha value is -1.000. The molecule has 0 fully saturated rings. The highest BCUT2D eigenvalue weighted by Gasteiger charge is 1.98. The Labute approximate surface area is 108 Å². The second kappa shape index (κ2) is 5.37. The molecule has 1 aromatic heterocycles. The van der Waals surface area contributed by atoms with Crippen LogP contribution in [0, 0.1) is 0 Å². The summed E-state index contributed by atoms with van der Waals surface area (Å²) in [5.74, 6) is 0. The molecule has 1 aromatic carbocycles. The lowest BCUT2D eigenvalue weighted by molar-refractivity contribution is 1.16. The standard InChI is InChI=1S/C12H13BrN2S/c1-14-10-4-2-3-9(7-10)8-15-12-6-5-11(13)16-12/h2-7,14-15H,8H2,1H3. The largest absolute Gasteiger partial charge is 0.388 e. The van der Waals surface area contributed by atoms with Gasteiger partial charge in [-0.3, -0.25) is 0 Å². The summed E-state index contributed by atoms with van der Waals surface area (Å²) in [5.41, 5.74) is 2.42. The second-order valence-corrected chi connectivity index (χ2v) is 5.87. The molecule has 1 heterocycles. The van der Waals surface area contributed by atoms with Gasteiger partial charge in [0.15, 0.2) is 0 Å². The van der Waals surface area contributed by atoms with Crippen molar-refractivity contribution in [2.75, 3.05) is 17.7 Å². The number of halogens is 1. The molecule has 2 nitrogen and oxygen atoms in total. The topological polar surface area (TPSA) is 24.1 Å². The Morgan fingerprint density at radius 3 is 2.81 bits per heavy atom. The smallest absolute Gasteiger partial charge is 0.0897 e. The molecule has 16 heavy (non-hydrogen) atoms. The maximum absolute atomic E-state index is 3.45. The van der Waals surface area contributed by atoms with E-state index in [0.717, 1.165) is 16.0 Å². The van der Waals surface area contributed by atoms with Gasteiger partial charge in [0.05, 0.1) is 8.79 Å². The lowest BCUT2D eigenvalue weighted by Crippen LogP contribution is -1.98. The van der Waals surface area contributed by atoms with Crippen molar-refractivity contribution < 1.29 is 0 Å². The summed E-state index contributed by atoms with van der Waals surface area (Å²) < 4.78 is 1.15. The molecule has 0 spiro atoms. The summed E-state index contributed by atoms with van der Waals surface area (Å²) in [6.45, 7) is 0.850. The van der Waals surface area contributed by atoms with Gasteiger partial charge in [-0.25, -0.2) is 0 Å². The quantitative estimate of drug-likeness (QED) is 0.885. The van der Waals surface area contributed by atoms with Gasteiger partial charge in [-0.2, -0.15) is 0 Å². The lowest BCUT2D eigenvalue weighted by atomic mass is 10.2. The number of hydrogen-bond acceptors (Lipinski definition) is 3. The van der Waals surface area contributed by atoms with Gasteiger partial charge in [0.2, 0.25) is 0 Å². The average Bonchev–Trinajstić information content (AvgIpc) is 2.73. The number of hydrogen-bond donors (Lipinski definition) is 2. The van der Waals surface area contributed by atoms with Crippen molar-refractivity contribution in [3.8, 4) is 0 Å². The summed E-state index contributed by atoms with van der Waals surface area (Å²) >= 11 is 5.16. The molecule has 0 radical (unpaired) electrons. The molecule has 0 aliphatic heterocycles. The first kappa shape index (κ1) is 11.5. The van der Waals surface area contributed by atoms with E-state index in [9.17, 15) is 0 Å². The van der Waals surface area contributed by atoms with Gasteiger partial charge in [-0.1, -0.05) is 12.1 Å². The first-order valence-corrected chi connectivity index (χ1v) is 6.65. The third-order valence-electron chi connectivity index (χ3n) is 2.26. The number of rotatable bonds is 4. The summed E-state index contributed by atoms with van der Waals surface area (Å²) in [7, 11) is 1.93. The molecule has 0 aliphatic rings. The van der Waals surface area contributed by atoms with E-state index >= 15 is 0 Å². The molecule has 2 rings (SSSR count). The maximum Gasteiger partial charge on any atom is 0.0897 e. The SMILES string of the molecule is CNc1cccc(CNc2ccc(Br)s2)c1. The summed E-state index contributed by atoms with van der Waals surface area (Å²) in [4.78, 5) is 0.